The molecule has 0 aliphatic carbocycles. The normalized spacial score (nSPS) is 15.4. The second-order valence-electron chi connectivity index (χ2n) is 7.57. The molecule has 0 spiro atoms. The standard InChI is InChI=1S/C22H26N4O/c1-16-4-7-18(8-5-16)22-19(26-15-17(2)6-9-20(26)23-22)14-21(27)25-12-10-24(3)11-13-25/h4-9,15H,10-14H2,1-3H3. The molecule has 3 aromatic rings. The van der Waals surface area contributed by atoms with Gasteiger partial charge in [-0.05, 0) is 32.5 Å². The summed E-state index contributed by atoms with van der Waals surface area (Å²) in [7, 11) is 2.10. The summed E-state index contributed by atoms with van der Waals surface area (Å²) in [5.41, 5.74) is 6.20. The van der Waals surface area contributed by atoms with Crippen LogP contribution in [0.15, 0.2) is 42.6 Å². The van der Waals surface area contributed by atoms with Crippen molar-refractivity contribution in [1.29, 1.82) is 0 Å². The van der Waals surface area contributed by atoms with Crippen LogP contribution >= 0.6 is 0 Å². The maximum absolute atomic E-state index is 13.0. The topological polar surface area (TPSA) is 40.9 Å². The molecule has 27 heavy (non-hydrogen) atoms. The van der Waals surface area contributed by atoms with Gasteiger partial charge in [0.15, 0.2) is 0 Å². The predicted octanol–water partition coefficient (Wildman–Crippen LogP) is 2.93. The molecule has 3 heterocycles. The van der Waals surface area contributed by atoms with E-state index in [1.807, 2.05) is 11.0 Å². The summed E-state index contributed by atoms with van der Waals surface area (Å²) in [4.78, 5) is 22.1. The summed E-state index contributed by atoms with van der Waals surface area (Å²) in [5.74, 6) is 0.180. The number of carbonyl (C=O) groups is 1. The molecule has 5 heteroatoms. The van der Waals surface area contributed by atoms with Gasteiger partial charge < -0.3 is 14.2 Å². The number of aryl methyl sites for hydroxylation is 2. The number of amides is 1. The van der Waals surface area contributed by atoms with Gasteiger partial charge in [0.1, 0.15) is 5.65 Å². The van der Waals surface area contributed by atoms with Crippen LogP contribution in [-0.4, -0.2) is 58.3 Å². The van der Waals surface area contributed by atoms with Crippen molar-refractivity contribution < 1.29 is 4.79 Å². The highest BCUT2D eigenvalue weighted by Gasteiger charge is 2.23. The number of hydrogen-bond donors (Lipinski definition) is 0. The van der Waals surface area contributed by atoms with Gasteiger partial charge in [-0.3, -0.25) is 4.79 Å². The van der Waals surface area contributed by atoms with Crippen molar-refractivity contribution in [2.75, 3.05) is 33.2 Å². The Morgan fingerprint density at radius 1 is 0.963 bits per heavy atom. The molecule has 0 atom stereocenters. The van der Waals surface area contributed by atoms with Crippen LogP contribution in [0.4, 0.5) is 0 Å². The van der Waals surface area contributed by atoms with E-state index in [0.29, 0.717) is 6.42 Å². The number of aromatic nitrogens is 2. The highest BCUT2D eigenvalue weighted by molar-refractivity contribution is 5.82. The number of pyridine rings is 1. The van der Waals surface area contributed by atoms with E-state index in [9.17, 15) is 4.79 Å². The first-order chi connectivity index (χ1) is 13.0. The predicted molar refractivity (Wildman–Crippen MR) is 108 cm³/mol. The zero-order valence-corrected chi connectivity index (χ0v) is 16.3. The number of imidazole rings is 1. The van der Waals surface area contributed by atoms with Gasteiger partial charge in [0.25, 0.3) is 0 Å². The summed E-state index contributed by atoms with van der Waals surface area (Å²) >= 11 is 0. The molecule has 1 aliphatic rings. The molecule has 1 amide bonds. The smallest absolute Gasteiger partial charge is 0.228 e. The van der Waals surface area contributed by atoms with Crippen LogP contribution in [0.25, 0.3) is 16.9 Å². The minimum absolute atomic E-state index is 0.180. The van der Waals surface area contributed by atoms with Crippen LogP contribution < -0.4 is 0 Å². The number of benzene rings is 1. The molecular formula is C22H26N4O. The number of rotatable bonds is 3. The summed E-state index contributed by atoms with van der Waals surface area (Å²) < 4.78 is 2.08. The van der Waals surface area contributed by atoms with Gasteiger partial charge in [-0.1, -0.05) is 35.9 Å². The summed E-state index contributed by atoms with van der Waals surface area (Å²) in [6, 6.07) is 12.5. The lowest BCUT2D eigenvalue weighted by molar-refractivity contribution is -0.132. The third kappa shape index (κ3) is 3.60. The van der Waals surface area contributed by atoms with E-state index in [4.69, 9.17) is 4.98 Å². The number of piperazine rings is 1. The molecule has 1 aliphatic heterocycles. The SMILES string of the molecule is Cc1ccc(-c2nc3ccc(C)cn3c2CC(=O)N2CCN(C)CC2)cc1. The molecular weight excluding hydrogens is 336 g/mol. The molecule has 5 nitrogen and oxygen atoms in total. The van der Waals surface area contributed by atoms with Gasteiger partial charge in [0.2, 0.25) is 5.91 Å². The Morgan fingerprint density at radius 3 is 2.33 bits per heavy atom. The molecule has 4 rings (SSSR count). The Bertz CT molecular complexity index is 966. The maximum atomic E-state index is 13.0. The van der Waals surface area contributed by atoms with Crippen LogP contribution in [0.5, 0.6) is 0 Å². The van der Waals surface area contributed by atoms with Crippen molar-refractivity contribution in [2.45, 2.75) is 20.3 Å². The Hall–Kier alpha value is -2.66. The van der Waals surface area contributed by atoms with Gasteiger partial charge in [-0.25, -0.2) is 4.98 Å². The fourth-order valence-electron chi connectivity index (χ4n) is 3.62. The number of fused-ring (bicyclic) bond motifs is 1. The Labute approximate surface area is 160 Å². The number of likely N-dealkylation sites (N-methyl/N-ethyl adjacent to an activating group) is 1. The van der Waals surface area contributed by atoms with Gasteiger partial charge in [0.05, 0.1) is 17.8 Å². The molecule has 2 aromatic heterocycles. The van der Waals surface area contributed by atoms with Crippen LogP contribution in [0, 0.1) is 13.8 Å². The Morgan fingerprint density at radius 2 is 1.63 bits per heavy atom. The molecule has 1 aromatic carbocycles. The maximum Gasteiger partial charge on any atom is 0.228 e. The van der Waals surface area contributed by atoms with E-state index in [1.54, 1.807) is 0 Å². The second kappa shape index (κ2) is 7.16. The van der Waals surface area contributed by atoms with Gasteiger partial charge >= 0.3 is 0 Å². The summed E-state index contributed by atoms with van der Waals surface area (Å²) in [5, 5.41) is 0. The van der Waals surface area contributed by atoms with Crippen LogP contribution in [-0.2, 0) is 11.2 Å². The number of carbonyl (C=O) groups excluding carboxylic acids is 1. The van der Waals surface area contributed by atoms with Crippen LogP contribution in [0.2, 0.25) is 0 Å². The molecule has 1 fully saturated rings. The van der Waals surface area contributed by atoms with E-state index in [2.05, 4.69) is 66.7 Å². The molecule has 0 radical (unpaired) electrons. The van der Waals surface area contributed by atoms with E-state index < -0.39 is 0 Å². The first-order valence-corrected chi connectivity index (χ1v) is 9.52. The average molecular weight is 362 g/mol. The molecule has 140 valence electrons. The first kappa shape index (κ1) is 17.7. The van der Waals surface area contributed by atoms with E-state index in [1.165, 1.54) is 5.56 Å². The lowest BCUT2D eigenvalue weighted by Gasteiger charge is -2.32. The van der Waals surface area contributed by atoms with E-state index in [0.717, 1.165) is 54.3 Å². The van der Waals surface area contributed by atoms with Crippen LogP contribution in [0.3, 0.4) is 0 Å². The Balaban J connectivity index is 1.73. The van der Waals surface area contributed by atoms with E-state index in [-0.39, 0.29) is 5.91 Å². The average Bonchev–Trinajstić information content (AvgIpc) is 3.00. The fourth-order valence-corrected chi connectivity index (χ4v) is 3.62. The highest BCUT2D eigenvalue weighted by atomic mass is 16.2. The second-order valence-corrected chi connectivity index (χ2v) is 7.57. The first-order valence-electron chi connectivity index (χ1n) is 9.52. The van der Waals surface area contributed by atoms with Crippen molar-refractivity contribution in [1.82, 2.24) is 19.2 Å². The van der Waals surface area contributed by atoms with Gasteiger partial charge in [0, 0.05) is 37.9 Å². The van der Waals surface area contributed by atoms with Crippen molar-refractivity contribution in [3.05, 3.63) is 59.4 Å². The third-order valence-electron chi connectivity index (χ3n) is 5.37. The lowest BCUT2D eigenvalue weighted by atomic mass is 10.1. The highest BCUT2D eigenvalue weighted by Crippen LogP contribution is 2.26. The van der Waals surface area contributed by atoms with Crippen molar-refractivity contribution in [3.63, 3.8) is 0 Å². The largest absolute Gasteiger partial charge is 0.340 e. The molecule has 0 bridgehead atoms. The van der Waals surface area contributed by atoms with Crippen molar-refractivity contribution >= 4 is 11.6 Å². The minimum Gasteiger partial charge on any atom is -0.340 e. The quantitative estimate of drug-likeness (QED) is 0.719. The van der Waals surface area contributed by atoms with Crippen molar-refractivity contribution in [3.8, 4) is 11.3 Å². The van der Waals surface area contributed by atoms with E-state index >= 15 is 0 Å². The summed E-state index contributed by atoms with van der Waals surface area (Å²) in [6.45, 7) is 7.60. The minimum atomic E-state index is 0.180. The third-order valence-corrected chi connectivity index (χ3v) is 5.37. The number of hydrogen-bond acceptors (Lipinski definition) is 3. The zero-order valence-electron chi connectivity index (χ0n) is 16.3. The lowest BCUT2D eigenvalue weighted by Crippen LogP contribution is -2.47. The van der Waals surface area contributed by atoms with Gasteiger partial charge in [-0.2, -0.15) is 0 Å². The Kier molecular flexibility index (Phi) is 4.70. The number of nitrogens with zero attached hydrogens (tertiary/aromatic N) is 4. The fraction of sp³-hybridized carbons (Fsp3) is 0.364. The molecule has 0 unspecified atom stereocenters. The molecule has 0 N–H and O–H groups in total. The molecule has 1 saturated heterocycles. The molecule has 0 saturated carbocycles. The zero-order chi connectivity index (χ0) is 19.0. The van der Waals surface area contributed by atoms with Crippen LogP contribution in [0.1, 0.15) is 16.8 Å². The van der Waals surface area contributed by atoms with Crippen molar-refractivity contribution in [2.24, 2.45) is 0 Å². The van der Waals surface area contributed by atoms with Gasteiger partial charge in [-0.15, -0.1) is 0 Å². The monoisotopic (exact) mass is 362 g/mol. The summed E-state index contributed by atoms with van der Waals surface area (Å²) in [6.07, 6.45) is 2.45.